The van der Waals surface area contributed by atoms with E-state index in [1.54, 1.807) is 0 Å². The summed E-state index contributed by atoms with van der Waals surface area (Å²) in [6, 6.07) is -0.721. The molecule has 0 aromatic heterocycles. The van der Waals surface area contributed by atoms with Gasteiger partial charge in [0, 0.05) is 6.42 Å². The molecule has 1 heterocycles. The molecule has 0 aromatic carbocycles. The average Bonchev–Trinajstić information content (AvgIpc) is 3.45. The van der Waals surface area contributed by atoms with Crippen LogP contribution in [0.5, 0.6) is 0 Å². The summed E-state index contributed by atoms with van der Waals surface area (Å²) in [7, 11) is 0. The Bertz CT molecular complexity index is 1280. The van der Waals surface area contributed by atoms with Crippen LogP contribution in [0, 0.1) is 0 Å². The maximum atomic E-state index is 13.1. The second kappa shape index (κ2) is 58.9. The first-order valence-corrected chi connectivity index (χ1v) is 34.5. The van der Waals surface area contributed by atoms with Crippen molar-refractivity contribution in [2.45, 2.75) is 397 Å². The third-order valence-corrected chi connectivity index (χ3v) is 16.8. The molecule has 0 aromatic rings. The lowest BCUT2D eigenvalue weighted by Crippen LogP contribution is -2.60. The van der Waals surface area contributed by atoms with Crippen molar-refractivity contribution in [3.05, 3.63) is 24.3 Å². The molecule has 1 saturated heterocycles. The molecular weight excluding hydrogens is 971 g/mol. The first-order valence-electron chi connectivity index (χ1n) is 34.5. The van der Waals surface area contributed by atoms with Gasteiger partial charge in [0.05, 0.1) is 25.4 Å². The number of aliphatic hydroxyl groups is 5. The van der Waals surface area contributed by atoms with Crippen molar-refractivity contribution in [3.63, 3.8) is 0 Å². The maximum absolute atomic E-state index is 13.1. The highest BCUT2D eigenvalue weighted by molar-refractivity contribution is 5.76. The van der Waals surface area contributed by atoms with Gasteiger partial charge in [-0.2, -0.15) is 0 Å². The van der Waals surface area contributed by atoms with Crippen LogP contribution in [-0.2, 0) is 14.3 Å². The van der Waals surface area contributed by atoms with E-state index >= 15 is 0 Å². The lowest BCUT2D eigenvalue weighted by molar-refractivity contribution is -0.302. The van der Waals surface area contributed by atoms with Gasteiger partial charge in [0.25, 0.3) is 0 Å². The Balaban J connectivity index is 2.10. The average molecular weight is 1100 g/mol. The van der Waals surface area contributed by atoms with E-state index in [9.17, 15) is 30.3 Å². The van der Waals surface area contributed by atoms with Gasteiger partial charge < -0.3 is 40.3 Å². The standard InChI is InChI=1S/C69H133NO8/c1-3-5-7-9-11-13-15-17-19-21-23-25-27-28-29-30-31-32-33-34-35-37-38-40-42-44-46-48-50-52-54-56-58-63(72)62(61-77-69-68(76)67(75)66(74)64(60-71)78-69)70-65(73)59-57-55-53-51-49-47-45-43-41-39-36-26-24-22-20-18-16-14-12-10-8-6-4-2/h16,18,22,24,62-64,66-69,71-72,74-76H,3-15,17,19-21,23,25-61H2,1-2H3,(H,70,73)/b18-16-,24-22-. The Hall–Kier alpha value is -1.33. The van der Waals surface area contributed by atoms with Crippen molar-refractivity contribution in [2.24, 2.45) is 0 Å². The van der Waals surface area contributed by atoms with Crippen LogP contribution in [0.15, 0.2) is 24.3 Å². The van der Waals surface area contributed by atoms with Crippen molar-refractivity contribution in [3.8, 4) is 0 Å². The zero-order chi connectivity index (χ0) is 56.5. The van der Waals surface area contributed by atoms with E-state index in [0.717, 1.165) is 44.9 Å². The minimum absolute atomic E-state index is 0.135. The van der Waals surface area contributed by atoms with Gasteiger partial charge in [-0.3, -0.25) is 4.79 Å². The zero-order valence-corrected chi connectivity index (χ0v) is 51.7. The molecule has 0 spiro atoms. The molecule has 0 bridgehead atoms. The van der Waals surface area contributed by atoms with Crippen LogP contribution in [0.2, 0.25) is 0 Å². The number of aliphatic hydroxyl groups excluding tert-OH is 5. The largest absolute Gasteiger partial charge is 0.394 e. The first kappa shape index (κ1) is 74.7. The van der Waals surface area contributed by atoms with Gasteiger partial charge in [-0.15, -0.1) is 0 Å². The third kappa shape index (κ3) is 47.2. The normalized spacial score (nSPS) is 18.7. The van der Waals surface area contributed by atoms with Gasteiger partial charge >= 0.3 is 0 Å². The lowest BCUT2D eigenvalue weighted by Gasteiger charge is -2.40. The van der Waals surface area contributed by atoms with Crippen LogP contribution in [0.3, 0.4) is 0 Å². The van der Waals surface area contributed by atoms with Gasteiger partial charge in [-0.05, 0) is 44.9 Å². The number of unbranched alkanes of at least 4 members (excludes halogenated alkanes) is 47. The predicted octanol–water partition coefficient (Wildman–Crippen LogP) is 18.5. The monoisotopic (exact) mass is 1100 g/mol. The number of ether oxygens (including phenoxy) is 2. The minimum Gasteiger partial charge on any atom is -0.394 e. The van der Waals surface area contributed by atoms with Gasteiger partial charge in [-0.1, -0.05) is 327 Å². The van der Waals surface area contributed by atoms with E-state index in [2.05, 4.69) is 43.5 Å². The van der Waals surface area contributed by atoms with E-state index in [1.807, 2.05) is 0 Å². The molecule has 1 aliphatic rings. The van der Waals surface area contributed by atoms with Crippen LogP contribution in [0.4, 0.5) is 0 Å². The molecule has 1 amide bonds. The Kier molecular flexibility index (Phi) is 56.3. The summed E-state index contributed by atoms with van der Waals surface area (Å²) >= 11 is 0. The van der Waals surface area contributed by atoms with Gasteiger partial charge in [-0.25, -0.2) is 0 Å². The van der Waals surface area contributed by atoms with E-state index in [-0.39, 0.29) is 12.5 Å². The number of allylic oxidation sites excluding steroid dienone is 4. The Morgan fingerprint density at radius 2 is 0.756 bits per heavy atom. The van der Waals surface area contributed by atoms with Gasteiger partial charge in [0.1, 0.15) is 24.4 Å². The van der Waals surface area contributed by atoms with Crippen LogP contribution >= 0.6 is 0 Å². The molecule has 462 valence electrons. The highest BCUT2D eigenvalue weighted by atomic mass is 16.7. The van der Waals surface area contributed by atoms with E-state index in [1.165, 1.54) is 283 Å². The molecule has 0 radical (unpaired) electrons. The second-order valence-electron chi connectivity index (χ2n) is 24.3. The highest BCUT2D eigenvalue weighted by Gasteiger charge is 2.44. The zero-order valence-electron chi connectivity index (χ0n) is 51.7. The number of hydrogen-bond donors (Lipinski definition) is 6. The molecule has 6 N–H and O–H groups in total. The molecule has 1 aliphatic heterocycles. The smallest absolute Gasteiger partial charge is 0.220 e. The van der Waals surface area contributed by atoms with E-state index in [0.29, 0.717) is 12.8 Å². The van der Waals surface area contributed by atoms with Crippen LogP contribution in [0.1, 0.15) is 354 Å². The van der Waals surface area contributed by atoms with Crippen LogP contribution in [-0.4, -0.2) is 87.5 Å². The molecule has 1 fully saturated rings. The molecule has 7 atom stereocenters. The first-order chi connectivity index (χ1) is 38.3. The van der Waals surface area contributed by atoms with Crippen molar-refractivity contribution in [1.82, 2.24) is 5.32 Å². The molecule has 9 heteroatoms. The maximum Gasteiger partial charge on any atom is 0.220 e. The fraction of sp³-hybridized carbons (Fsp3) is 0.928. The van der Waals surface area contributed by atoms with E-state index < -0.39 is 49.5 Å². The fourth-order valence-electron chi connectivity index (χ4n) is 11.4. The highest BCUT2D eigenvalue weighted by Crippen LogP contribution is 2.24. The molecule has 1 rings (SSSR count). The predicted molar refractivity (Wildman–Crippen MR) is 332 cm³/mol. The minimum atomic E-state index is -1.55. The molecule has 7 unspecified atom stereocenters. The van der Waals surface area contributed by atoms with Gasteiger partial charge in [0.15, 0.2) is 6.29 Å². The lowest BCUT2D eigenvalue weighted by atomic mass is 9.99. The third-order valence-electron chi connectivity index (χ3n) is 16.8. The number of rotatable bonds is 61. The summed E-state index contributed by atoms with van der Waals surface area (Å²) in [6.45, 7) is 3.88. The van der Waals surface area contributed by atoms with Crippen molar-refractivity contribution >= 4 is 5.91 Å². The van der Waals surface area contributed by atoms with Crippen molar-refractivity contribution < 1.29 is 39.8 Å². The topological polar surface area (TPSA) is 149 Å². The van der Waals surface area contributed by atoms with E-state index in [4.69, 9.17) is 9.47 Å². The summed E-state index contributed by atoms with van der Waals surface area (Å²) in [4.78, 5) is 13.1. The Labute approximate surface area is 483 Å². The molecule has 0 saturated carbocycles. The van der Waals surface area contributed by atoms with Crippen molar-refractivity contribution in [1.29, 1.82) is 0 Å². The molecule has 78 heavy (non-hydrogen) atoms. The number of amides is 1. The molecule has 0 aliphatic carbocycles. The summed E-state index contributed by atoms with van der Waals surface area (Å²) in [5, 5.41) is 54.9. The molecule has 9 nitrogen and oxygen atoms in total. The number of hydrogen-bond acceptors (Lipinski definition) is 8. The Morgan fingerprint density at radius 1 is 0.436 bits per heavy atom. The summed E-state index contributed by atoms with van der Waals surface area (Å²) < 4.78 is 11.4. The SMILES string of the molecule is CCCCCCC/C=C\C/C=C\CCCCCCCCCCCCCC(=O)NC(COC1OC(CO)C(O)C(O)C1O)C(O)CCCCCCCCCCCCCCCCCCCCCCCCCCCCCCCCCC. The van der Waals surface area contributed by atoms with Crippen LogP contribution < -0.4 is 5.32 Å². The fourth-order valence-corrected chi connectivity index (χ4v) is 11.4. The second-order valence-corrected chi connectivity index (χ2v) is 24.3. The number of carbonyl (C=O) groups is 1. The summed E-state index contributed by atoms with van der Waals surface area (Å²) in [6.07, 6.45) is 69.6. The quantitative estimate of drug-likeness (QED) is 0.0261. The van der Waals surface area contributed by atoms with Crippen molar-refractivity contribution in [2.75, 3.05) is 13.2 Å². The van der Waals surface area contributed by atoms with Gasteiger partial charge in [0.2, 0.25) is 5.91 Å². The molecular formula is C69H133NO8. The number of nitrogens with one attached hydrogen (secondary N) is 1. The summed E-state index contributed by atoms with van der Waals surface area (Å²) in [5.74, 6) is -0.140. The number of carbonyl (C=O) groups excluding carboxylic acids is 1. The summed E-state index contributed by atoms with van der Waals surface area (Å²) in [5.41, 5.74) is 0. The Morgan fingerprint density at radius 3 is 1.10 bits per heavy atom. The van der Waals surface area contributed by atoms with Crippen LogP contribution in [0.25, 0.3) is 0 Å².